The van der Waals surface area contributed by atoms with Gasteiger partial charge in [-0.05, 0) is 36.4 Å². The highest BCUT2D eigenvalue weighted by atomic mass is 32.2. The fourth-order valence-electron chi connectivity index (χ4n) is 2.20. The van der Waals surface area contributed by atoms with Crippen LogP contribution in [0.4, 0.5) is 10.8 Å². The molecule has 0 fully saturated rings. The lowest BCUT2D eigenvalue weighted by molar-refractivity contribution is 0.389. The van der Waals surface area contributed by atoms with Gasteiger partial charge in [0.1, 0.15) is 11.5 Å². The lowest BCUT2D eigenvalue weighted by Crippen LogP contribution is -1.90. The van der Waals surface area contributed by atoms with Crippen molar-refractivity contribution < 1.29 is 9.26 Å². The van der Waals surface area contributed by atoms with Crippen molar-refractivity contribution in [1.82, 2.24) is 20.3 Å². The van der Waals surface area contributed by atoms with Crippen LogP contribution in [-0.2, 0) is 5.75 Å². The zero-order chi connectivity index (χ0) is 18.5. The van der Waals surface area contributed by atoms with Crippen LogP contribution in [0.5, 0.6) is 11.5 Å². The van der Waals surface area contributed by atoms with Crippen LogP contribution in [0.15, 0.2) is 63.5 Å². The highest BCUT2D eigenvalue weighted by Gasteiger charge is 2.08. The molecule has 27 heavy (non-hydrogen) atoms. The lowest BCUT2D eigenvalue weighted by Gasteiger charge is -2.06. The third-order valence-corrected chi connectivity index (χ3v) is 5.35. The summed E-state index contributed by atoms with van der Waals surface area (Å²) in [4.78, 5) is 4.17. The van der Waals surface area contributed by atoms with Crippen molar-refractivity contribution >= 4 is 33.9 Å². The minimum absolute atomic E-state index is 0.560. The van der Waals surface area contributed by atoms with E-state index in [4.69, 9.17) is 9.26 Å². The van der Waals surface area contributed by atoms with E-state index in [-0.39, 0.29) is 0 Å². The Hall–Kier alpha value is -2.91. The highest BCUT2D eigenvalue weighted by molar-refractivity contribution is 8.00. The van der Waals surface area contributed by atoms with Crippen molar-refractivity contribution in [3.8, 4) is 11.5 Å². The summed E-state index contributed by atoms with van der Waals surface area (Å²) in [5, 5.41) is 16.2. The summed E-state index contributed by atoms with van der Waals surface area (Å²) in [6.07, 6.45) is 0. The molecule has 0 aliphatic carbocycles. The van der Waals surface area contributed by atoms with E-state index < -0.39 is 0 Å². The Morgan fingerprint density at radius 2 is 1.81 bits per heavy atom. The first-order chi connectivity index (χ1) is 13.2. The normalized spacial score (nSPS) is 10.7. The molecule has 0 spiro atoms. The summed E-state index contributed by atoms with van der Waals surface area (Å²) in [6.45, 7) is 1.77. The van der Waals surface area contributed by atoms with Crippen LogP contribution in [0.2, 0.25) is 0 Å². The number of ether oxygens (including phenoxy) is 1. The third-order valence-electron chi connectivity index (χ3n) is 3.39. The number of aryl methyl sites for hydroxylation is 1. The Kier molecular flexibility index (Phi) is 5.31. The summed E-state index contributed by atoms with van der Waals surface area (Å²) in [6, 6.07) is 17.4. The molecule has 0 amide bonds. The number of aromatic nitrogens is 4. The second-order valence-corrected chi connectivity index (χ2v) is 7.66. The molecule has 2 aromatic carbocycles. The van der Waals surface area contributed by atoms with Crippen LogP contribution in [-0.4, -0.2) is 20.3 Å². The second kappa shape index (κ2) is 8.19. The summed E-state index contributed by atoms with van der Waals surface area (Å²) in [5.41, 5.74) is 0.914. The van der Waals surface area contributed by atoms with E-state index in [1.807, 2.05) is 54.6 Å². The van der Waals surface area contributed by atoms with Crippen LogP contribution >= 0.6 is 23.1 Å². The van der Waals surface area contributed by atoms with Crippen molar-refractivity contribution in [3.05, 3.63) is 66.3 Å². The first-order valence-electron chi connectivity index (χ1n) is 8.10. The molecular formula is C18H15N5O2S2. The fraction of sp³-hybridized carbons (Fsp3) is 0.111. The van der Waals surface area contributed by atoms with Gasteiger partial charge in [-0.3, -0.25) is 0 Å². The molecule has 1 N–H and O–H groups in total. The van der Waals surface area contributed by atoms with Crippen LogP contribution in [0.1, 0.15) is 11.7 Å². The van der Waals surface area contributed by atoms with Gasteiger partial charge in [0.2, 0.25) is 11.0 Å². The number of nitrogens with one attached hydrogen (secondary N) is 1. The molecule has 0 bridgehead atoms. The number of benzene rings is 2. The molecule has 4 aromatic rings. The molecule has 136 valence electrons. The van der Waals surface area contributed by atoms with E-state index >= 15 is 0 Å². The van der Waals surface area contributed by atoms with Gasteiger partial charge in [-0.15, -0.1) is 10.2 Å². The molecule has 0 saturated heterocycles. The van der Waals surface area contributed by atoms with Gasteiger partial charge in [-0.25, -0.2) is 0 Å². The van der Waals surface area contributed by atoms with Crippen LogP contribution in [0.3, 0.4) is 0 Å². The molecular weight excluding hydrogens is 382 g/mol. The van der Waals surface area contributed by atoms with Gasteiger partial charge in [0.05, 0.1) is 5.75 Å². The molecule has 0 aliphatic rings. The Morgan fingerprint density at radius 3 is 2.56 bits per heavy atom. The van der Waals surface area contributed by atoms with Gasteiger partial charge in [0.15, 0.2) is 10.2 Å². The molecule has 0 radical (unpaired) electrons. The number of rotatable bonds is 7. The van der Waals surface area contributed by atoms with E-state index in [1.165, 1.54) is 23.1 Å². The minimum atomic E-state index is 0.560. The smallest absolute Gasteiger partial charge is 0.223 e. The van der Waals surface area contributed by atoms with Crippen molar-refractivity contribution in [1.29, 1.82) is 0 Å². The molecule has 2 heterocycles. The number of hydrogen-bond donors (Lipinski definition) is 1. The van der Waals surface area contributed by atoms with Crippen LogP contribution < -0.4 is 10.1 Å². The maximum Gasteiger partial charge on any atom is 0.223 e. The number of nitrogens with zero attached hydrogens (tertiary/aromatic N) is 4. The van der Waals surface area contributed by atoms with Gasteiger partial charge >= 0.3 is 0 Å². The Bertz CT molecular complexity index is 1000. The van der Waals surface area contributed by atoms with Crippen molar-refractivity contribution in [3.63, 3.8) is 0 Å². The van der Waals surface area contributed by atoms with Crippen molar-refractivity contribution in [2.24, 2.45) is 0 Å². The van der Waals surface area contributed by atoms with Gasteiger partial charge < -0.3 is 14.6 Å². The average molecular weight is 397 g/mol. The SMILES string of the molecule is Cc1nc(CSc2nnc(Nc3ccc(Oc4ccccc4)cc3)s2)no1. The van der Waals surface area contributed by atoms with E-state index in [1.54, 1.807) is 6.92 Å². The largest absolute Gasteiger partial charge is 0.457 e. The van der Waals surface area contributed by atoms with Gasteiger partial charge in [0, 0.05) is 12.6 Å². The van der Waals surface area contributed by atoms with Gasteiger partial charge in [-0.1, -0.05) is 46.5 Å². The maximum atomic E-state index is 5.79. The van der Waals surface area contributed by atoms with E-state index in [2.05, 4.69) is 25.7 Å². The molecule has 2 aromatic heterocycles. The summed E-state index contributed by atoms with van der Waals surface area (Å²) < 4.78 is 11.6. The lowest BCUT2D eigenvalue weighted by atomic mass is 10.3. The van der Waals surface area contributed by atoms with Crippen molar-refractivity contribution in [2.45, 2.75) is 17.0 Å². The molecule has 0 atom stereocenters. The zero-order valence-corrected chi connectivity index (χ0v) is 16.0. The Balaban J connectivity index is 1.33. The molecule has 0 aliphatic heterocycles. The van der Waals surface area contributed by atoms with Gasteiger partial charge in [-0.2, -0.15) is 4.98 Å². The quantitative estimate of drug-likeness (QED) is 0.433. The van der Waals surface area contributed by atoms with E-state index in [0.29, 0.717) is 17.5 Å². The predicted molar refractivity (Wildman–Crippen MR) is 105 cm³/mol. The van der Waals surface area contributed by atoms with Gasteiger partial charge in [0.25, 0.3) is 0 Å². The second-order valence-electron chi connectivity index (χ2n) is 5.46. The number of hydrogen-bond acceptors (Lipinski definition) is 9. The molecule has 0 unspecified atom stereocenters. The van der Waals surface area contributed by atoms with Crippen molar-refractivity contribution in [2.75, 3.05) is 5.32 Å². The summed E-state index contributed by atoms with van der Waals surface area (Å²) in [7, 11) is 0. The fourth-order valence-corrected chi connectivity index (χ4v) is 3.81. The number of thioether (sulfide) groups is 1. The monoisotopic (exact) mass is 397 g/mol. The Morgan fingerprint density at radius 1 is 1.04 bits per heavy atom. The first-order valence-corrected chi connectivity index (χ1v) is 9.90. The molecule has 9 heteroatoms. The zero-order valence-electron chi connectivity index (χ0n) is 14.3. The minimum Gasteiger partial charge on any atom is -0.457 e. The van der Waals surface area contributed by atoms with E-state index in [0.717, 1.165) is 26.7 Å². The molecule has 4 rings (SSSR count). The standard InChI is InChI=1S/C18H15N5O2S2/c1-12-19-16(23-25-12)11-26-18-22-21-17(27-18)20-13-7-9-15(10-8-13)24-14-5-3-2-4-6-14/h2-10H,11H2,1H3,(H,20,21). The number of para-hydroxylation sites is 1. The molecule has 0 saturated carbocycles. The van der Waals surface area contributed by atoms with E-state index in [9.17, 15) is 0 Å². The number of anilines is 2. The van der Waals surface area contributed by atoms with Crippen LogP contribution in [0.25, 0.3) is 0 Å². The third kappa shape index (κ3) is 4.83. The maximum absolute atomic E-state index is 5.79. The van der Waals surface area contributed by atoms with Crippen LogP contribution in [0, 0.1) is 6.92 Å². The highest BCUT2D eigenvalue weighted by Crippen LogP contribution is 2.30. The first kappa shape index (κ1) is 17.5. The summed E-state index contributed by atoms with van der Waals surface area (Å²) in [5.74, 6) is 3.38. The molecule has 7 nitrogen and oxygen atoms in total. The summed E-state index contributed by atoms with van der Waals surface area (Å²) >= 11 is 2.99. The topological polar surface area (TPSA) is 86.0 Å². The Labute approximate surface area is 163 Å². The predicted octanol–water partition coefficient (Wildman–Crippen LogP) is 5.06. The average Bonchev–Trinajstić information content (AvgIpc) is 3.31.